The van der Waals surface area contributed by atoms with Gasteiger partial charge in [0.15, 0.2) is 17.2 Å². The summed E-state index contributed by atoms with van der Waals surface area (Å²) in [5, 5.41) is 10.1. The molecule has 0 unspecified atom stereocenters. The Bertz CT molecular complexity index is 2020. The van der Waals surface area contributed by atoms with Crippen LogP contribution in [0.2, 0.25) is 0 Å². The summed E-state index contributed by atoms with van der Waals surface area (Å²) in [6.07, 6.45) is 5.27. The number of rotatable bonds is 9. The van der Waals surface area contributed by atoms with Crippen molar-refractivity contribution in [2.75, 3.05) is 11.5 Å². The van der Waals surface area contributed by atoms with E-state index in [1.807, 2.05) is 13.0 Å². The van der Waals surface area contributed by atoms with Gasteiger partial charge < -0.3 is 9.47 Å². The van der Waals surface area contributed by atoms with Crippen molar-refractivity contribution in [3.05, 3.63) is 102 Å². The SMILES string of the molecule is CCCOCn1ncc2cc(-n3cccn3)c([C@H](C)Oc3cc4cc(F)ccc4nc3N3C(=O)c4ccccc4C3=O)nc21. The maximum absolute atomic E-state index is 14.3. The molecule has 5 heterocycles. The van der Waals surface area contributed by atoms with Crippen LogP contribution in [0.1, 0.15) is 52.8 Å². The van der Waals surface area contributed by atoms with Gasteiger partial charge in [0.05, 0.1) is 28.5 Å². The number of carbonyl (C=O) groups is 2. The van der Waals surface area contributed by atoms with Crippen LogP contribution in [0, 0.1) is 5.82 Å². The van der Waals surface area contributed by atoms with Crippen molar-refractivity contribution >= 4 is 39.6 Å². The molecular weight excluding hydrogens is 565 g/mol. The molecule has 1 aliphatic heterocycles. The van der Waals surface area contributed by atoms with Crippen molar-refractivity contribution in [2.45, 2.75) is 33.1 Å². The number of halogens is 1. The number of ether oxygens (including phenoxy) is 2. The molecule has 0 bridgehead atoms. The number of aromatic nitrogens is 6. The second-order valence-electron chi connectivity index (χ2n) is 10.3. The van der Waals surface area contributed by atoms with Crippen molar-refractivity contribution in [1.29, 1.82) is 0 Å². The van der Waals surface area contributed by atoms with Gasteiger partial charge >= 0.3 is 0 Å². The molecule has 7 rings (SSSR count). The first-order chi connectivity index (χ1) is 21.4. The molecule has 1 aliphatic rings. The number of pyridine rings is 2. The van der Waals surface area contributed by atoms with Crippen LogP contribution in [0.5, 0.6) is 5.75 Å². The third kappa shape index (κ3) is 4.65. The van der Waals surface area contributed by atoms with Gasteiger partial charge in [-0.25, -0.2) is 28.6 Å². The highest BCUT2D eigenvalue weighted by Gasteiger charge is 2.39. The quantitative estimate of drug-likeness (QED) is 0.157. The lowest BCUT2D eigenvalue weighted by Gasteiger charge is -2.22. The molecule has 11 nitrogen and oxygen atoms in total. The fourth-order valence-electron chi connectivity index (χ4n) is 5.29. The average molecular weight is 592 g/mol. The number of hydrogen-bond donors (Lipinski definition) is 0. The highest BCUT2D eigenvalue weighted by Crippen LogP contribution is 2.38. The average Bonchev–Trinajstić information content (AvgIpc) is 3.76. The van der Waals surface area contributed by atoms with Crippen LogP contribution >= 0.6 is 0 Å². The monoisotopic (exact) mass is 591 g/mol. The topological polar surface area (TPSA) is 117 Å². The van der Waals surface area contributed by atoms with Gasteiger partial charge in [0.25, 0.3) is 11.8 Å². The van der Waals surface area contributed by atoms with Gasteiger partial charge in [0.2, 0.25) is 0 Å². The zero-order valence-electron chi connectivity index (χ0n) is 23.8. The van der Waals surface area contributed by atoms with Crippen LogP contribution < -0.4 is 9.64 Å². The Morgan fingerprint density at radius 3 is 2.45 bits per heavy atom. The number of anilines is 1. The molecule has 4 aromatic heterocycles. The molecule has 1 atom stereocenters. The summed E-state index contributed by atoms with van der Waals surface area (Å²) in [5.41, 5.74) is 2.66. The molecule has 0 saturated heterocycles. The first-order valence-electron chi connectivity index (χ1n) is 14.1. The van der Waals surface area contributed by atoms with E-state index < -0.39 is 23.7 Å². The van der Waals surface area contributed by atoms with E-state index in [0.29, 0.717) is 34.5 Å². The number of imide groups is 1. The van der Waals surface area contributed by atoms with E-state index in [-0.39, 0.29) is 29.4 Å². The number of carbonyl (C=O) groups excluding carboxylic acids is 2. The smallest absolute Gasteiger partial charge is 0.267 e. The Morgan fingerprint density at radius 1 is 0.932 bits per heavy atom. The minimum atomic E-state index is -0.750. The minimum absolute atomic E-state index is 0.00174. The Kier molecular flexibility index (Phi) is 6.82. The van der Waals surface area contributed by atoms with E-state index in [1.165, 1.54) is 18.2 Å². The third-order valence-electron chi connectivity index (χ3n) is 7.35. The maximum Gasteiger partial charge on any atom is 0.267 e. The van der Waals surface area contributed by atoms with Crippen LogP contribution in [0.25, 0.3) is 27.6 Å². The zero-order chi connectivity index (χ0) is 30.4. The molecule has 0 radical (unpaired) electrons. The van der Waals surface area contributed by atoms with Gasteiger partial charge in [0.1, 0.15) is 24.3 Å². The third-order valence-corrected chi connectivity index (χ3v) is 7.35. The number of fused-ring (bicyclic) bond motifs is 3. The van der Waals surface area contributed by atoms with Crippen LogP contribution in [0.15, 0.2) is 79.3 Å². The number of nitrogens with zero attached hydrogens (tertiary/aromatic N) is 7. The molecule has 2 aromatic carbocycles. The Labute approximate surface area is 250 Å². The lowest BCUT2D eigenvalue weighted by molar-refractivity contribution is 0.0718. The van der Waals surface area contributed by atoms with E-state index in [9.17, 15) is 14.0 Å². The normalized spacial score (nSPS) is 13.7. The second kappa shape index (κ2) is 11.0. The highest BCUT2D eigenvalue weighted by atomic mass is 19.1. The summed E-state index contributed by atoms with van der Waals surface area (Å²) in [4.78, 5) is 37.5. The standard InChI is InChI=1S/C32H26FN7O4/c1-3-13-43-18-39-29-21(17-35-39)15-26(38-12-6-11-34-38)28(37-29)19(2)44-27-16-20-14-22(33)9-10-25(20)36-30(27)40-31(41)23-7-4-5-8-24(23)32(40)42/h4-12,14-17,19H,3,13,18H2,1-2H3/t19-/m0/s1. The molecule has 0 spiro atoms. The number of amides is 2. The van der Waals surface area contributed by atoms with E-state index in [4.69, 9.17) is 14.5 Å². The summed E-state index contributed by atoms with van der Waals surface area (Å²) >= 11 is 0. The summed E-state index contributed by atoms with van der Waals surface area (Å²) in [6.45, 7) is 4.62. The van der Waals surface area contributed by atoms with Crippen molar-refractivity contribution < 1.29 is 23.5 Å². The van der Waals surface area contributed by atoms with Gasteiger partial charge in [0, 0.05) is 29.8 Å². The highest BCUT2D eigenvalue weighted by molar-refractivity contribution is 6.34. The van der Waals surface area contributed by atoms with E-state index in [2.05, 4.69) is 15.2 Å². The first-order valence-corrected chi connectivity index (χ1v) is 14.1. The van der Waals surface area contributed by atoms with Crippen molar-refractivity contribution in [3.8, 4) is 11.4 Å². The van der Waals surface area contributed by atoms with Gasteiger partial charge in [-0.2, -0.15) is 10.2 Å². The maximum atomic E-state index is 14.3. The van der Waals surface area contributed by atoms with Crippen molar-refractivity contribution in [3.63, 3.8) is 0 Å². The fourth-order valence-corrected chi connectivity index (χ4v) is 5.29. The van der Waals surface area contributed by atoms with Gasteiger partial charge in [-0.15, -0.1) is 0 Å². The van der Waals surface area contributed by atoms with E-state index in [0.717, 1.165) is 16.7 Å². The summed E-state index contributed by atoms with van der Waals surface area (Å²) in [5.74, 6) is -1.40. The molecule has 0 N–H and O–H groups in total. The van der Waals surface area contributed by atoms with Crippen molar-refractivity contribution in [2.24, 2.45) is 0 Å². The lowest BCUT2D eigenvalue weighted by atomic mass is 10.1. The largest absolute Gasteiger partial charge is 0.480 e. The molecule has 6 aromatic rings. The van der Waals surface area contributed by atoms with Crippen LogP contribution in [0.4, 0.5) is 10.2 Å². The lowest BCUT2D eigenvalue weighted by Crippen LogP contribution is -2.31. The molecule has 2 amide bonds. The number of benzene rings is 2. The molecule has 0 saturated carbocycles. The van der Waals surface area contributed by atoms with Crippen LogP contribution in [-0.2, 0) is 11.5 Å². The number of hydrogen-bond acceptors (Lipinski definition) is 8. The van der Waals surface area contributed by atoms with Crippen LogP contribution in [0.3, 0.4) is 0 Å². The van der Waals surface area contributed by atoms with Crippen LogP contribution in [-0.4, -0.2) is 48.0 Å². The van der Waals surface area contributed by atoms with Crippen molar-refractivity contribution in [1.82, 2.24) is 29.5 Å². The van der Waals surface area contributed by atoms with E-state index in [1.54, 1.807) is 71.3 Å². The molecule has 12 heteroatoms. The molecule has 220 valence electrons. The summed E-state index contributed by atoms with van der Waals surface area (Å²) in [7, 11) is 0. The van der Waals surface area contributed by atoms with E-state index >= 15 is 0 Å². The molecule has 0 fully saturated rings. The molecule has 44 heavy (non-hydrogen) atoms. The summed E-state index contributed by atoms with van der Waals surface area (Å²) < 4.78 is 29.8. The minimum Gasteiger partial charge on any atom is -0.480 e. The Balaban J connectivity index is 1.34. The fraction of sp³-hybridized carbons (Fsp3) is 0.188. The zero-order valence-corrected chi connectivity index (χ0v) is 23.8. The molecular formula is C32H26FN7O4. The van der Waals surface area contributed by atoms with Gasteiger partial charge in [-0.05, 0) is 61.9 Å². The predicted molar refractivity (Wildman–Crippen MR) is 159 cm³/mol. The second-order valence-corrected chi connectivity index (χ2v) is 10.3. The predicted octanol–water partition coefficient (Wildman–Crippen LogP) is 5.63. The Morgan fingerprint density at radius 2 is 1.73 bits per heavy atom. The van der Waals surface area contributed by atoms with Gasteiger partial charge in [-0.1, -0.05) is 19.1 Å². The van der Waals surface area contributed by atoms with Gasteiger partial charge in [-0.3, -0.25) is 9.59 Å². The summed E-state index contributed by atoms with van der Waals surface area (Å²) in [6, 6.07) is 15.9. The first kappa shape index (κ1) is 27.3. The molecule has 0 aliphatic carbocycles. The Hall–Kier alpha value is -5.49.